The summed E-state index contributed by atoms with van der Waals surface area (Å²) in [5, 5.41) is 13.5. The van der Waals surface area contributed by atoms with Gasteiger partial charge in [-0.1, -0.05) is 30.3 Å². The number of nitro groups is 1. The van der Waals surface area contributed by atoms with E-state index >= 15 is 0 Å². The van der Waals surface area contributed by atoms with Crippen LogP contribution in [0.15, 0.2) is 46.9 Å². The van der Waals surface area contributed by atoms with Gasteiger partial charge in [-0.2, -0.15) is 0 Å². The van der Waals surface area contributed by atoms with Crippen LogP contribution in [-0.2, 0) is 11.2 Å². The number of likely N-dealkylation sites (tertiary alicyclic amines) is 1. The molecule has 1 aromatic carbocycles. The molecule has 136 valence electrons. The van der Waals surface area contributed by atoms with Gasteiger partial charge >= 0.3 is 5.88 Å². The summed E-state index contributed by atoms with van der Waals surface area (Å²) in [5.74, 6) is -1.32. The van der Waals surface area contributed by atoms with Crippen LogP contribution in [0.5, 0.6) is 0 Å². The maximum Gasteiger partial charge on any atom is 0.433 e. The molecular formula is C18H19N3O5. The predicted octanol–water partition coefficient (Wildman–Crippen LogP) is 2.01. The molecule has 3 rings (SSSR count). The summed E-state index contributed by atoms with van der Waals surface area (Å²) in [6.07, 6.45) is 1.74. The molecule has 0 aliphatic carbocycles. The van der Waals surface area contributed by atoms with E-state index < -0.39 is 16.7 Å². The lowest BCUT2D eigenvalue weighted by molar-refractivity contribution is -0.402. The zero-order valence-electron chi connectivity index (χ0n) is 14.1. The Bertz CT molecular complexity index is 796. The fourth-order valence-corrected chi connectivity index (χ4v) is 2.80. The number of nitrogens with one attached hydrogen (secondary N) is 1. The fraction of sp³-hybridized carbons (Fsp3) is 0.333. The van der Waals surface area contributed by atoms with Crippen molar-refractivity contribution in [3.05, 3.63) is 63.9 Å². The summed E-state index contributed by atoms with van der Waals surface area (Å²) in [6, 6.07) is 12.5. The Kier molecular flexibility index (Phi) is 5.31. The van der Waals surface area contributed by atoms with Crippen molar-refractivity contribution in [2.45, 2.75) is 12.8 Å². The summed E-state index contributed by atoms with van der Waals surface area (Å²) in [4.78, 5) is 35.5. The Morgan fingerprint density at radius 2 is 1.92 bits per heavy atom. The van der Waals surface area contributed by atoms with E-state index in [9.17, 15) is 19.7 Å². The first-order valence-corrected chi connectivity index (χ1v) is 8.39. The normalized spacial score (nSPS) is 13.9. The van der Waals surface area contributed by atoms with Gasteiger partial charge in [-0.25, -0.2) is 0 Å². The van der Waals surface area contributed by atoms with E-state index in [1.807, 2.05) is 18.2 Å². The van der Waals surface area contributed by atoms with E-state index in [0.29, 0.717) is 6.54 Å². The van der Waals surface area contributed by atoms with E-state index in [2.05, 4.69) is 17.4 Å². The summed E-state index contributed by atoms with van der Waals surface area (Å²) < 4.78 is 4.89. The number of carbonyl (C=O) groups excluding carboxylic acids is 2. The molecule has 0 atom stereocenters. The first kappa shape index (κ1) is 17.7. The molecule has 1 aliphatic rings. The monoisotopic (exact) mass is 357 g/mol. The molecule has 1 aliphatic heterocycles. The van der Waals surface area contributed by atoms with Crippen molar-refractivity contribution >= 4 is 17.7 Å². The SMILES string of the molecule is O=C(NCCCc1ccccc1)C1CN(C(=O)c2ccc([N+](=O)[O-])o2)C1. The fourth-order valence-electron chi connectivity index (χ4n) is 2.80. The minimum Gasteiger partial charge on any atom is -0.395 e. The van der Waals surface area contributed by atoms with Gasteiger partial charge in [0.1, 0.15) is 4.92 Å². The van der Waals surface area contributed by atoms with E-state index in [4.69, 9.17) is 4.42 Å². The summed E-state index contributed by atoms with van der Waals surface area (Å²) in [5.41, 5.74) is 1.23. The zero-order valence-corrected chi connectivity index (χ0v) is 14.1. The third-order valence-electron chi connectivity index (χ3n) is 4.31. The Morgan fingerprint density at radius 3 is 2.58 bits per heavy atom. The number of furan rings is 1. The van der Waals surface area contributed by atoms with Crippen LogP contribution in [-0.4, -0.2) is 41.3 Å². The highest BCUT2D eigenvalue weighted by Crippen LogP contribution is 2.22. The minimum absolute atomic E-state index is 0.0764. The largest absolute Gasteiger partial charge is 0.433 e. The number of benzene rings is 1. The Balaban J connectivity index is 1.37. The van der Waals surface area contributed by atoms with E-state index in [1.165, 1.54) is 16.5 Å². The van der Waals surface area contributed by atoms with Gasteiger partial charge < -0.3 is 14.6 Å². The summed E-state index contributed by atoms with van der Waals surface area (Å²) >= 11 is 0. The number of hydrogen-bond donors (Lipinski definition) is 1. The number of nitrogens with zero attached hydrogens (tertiary/aromatic N) is 2. The molecule has 0 unspecified atom stereocenters. The van der Waals surface area contributed by atoms with Crippen LogP contribution in [0.3, 0.4) is 0 Å². The van der Waals surface area contributed by atoms with Gasteiger partial charge in [-0.15, -0.1) is 0 Å². The van der Waals surface area contributed by atoms with Gasteiger partial charge in [0.2, 0.25) is 5.91 Å². The molecule has 0 radical (unpaired) electrons. The van der Waals surface area contributed by atoms with Gasteiger partial charge in [-0.05, 0) is 24.5 Å². The summed E-state index contributed by atoms with van der Waals surface area (Å²) in [6.45, 7) is 1.16. The zero-order chi connectivity index (χ0) is 18.5. The topological polar surface area (TPSA) is 106 Å². The van der Waals surface area contributed by atoms with Gasteiger partial charge in [-0.3, -0.25) is 19.7 Å². The average molecular weight is 357 g/mol. The van der Waals surface area contributed by atoms with Crippen LogP contribution in [0.4, 0.5) is 5.88 Å². The van der Waals surface area contributed by atoms with Gasteiger partial charge in [0.25, 0.3) is 5.91 Å². The van der Waals surface area contributed by atoms with Crippen molar-refractivity contribution < 1.29 is 18.9 Å². The highest BCUT2D eigenvalue weighted by molar-refractivity contribution is 5.94. The standard InChI is InChI=1S/C18H19N3O5/c22-17(19-10-4-7-13-5-2-1-3-6-13)14-11-20(12-14)18(23)15-8-9-16(26-15)21(24)25/h1-3,5-6,8-9,14H,4,7,10-12H2,(H,19,22). The Hall–Kier alpha value is -3.16. The number of hydrogen-bond acceptors (Lipinski definition) is 5. The predicted molar refractivity (Wildman–Crippen MR) is 92.5 cm³/mol. The van der Waals surface area contributed by atoms with Gasteiger partial charge in [0.15, 0.2) is 5.76 Å². The van der Waals surface area contributed by atoms with Crippen molar-refractivity contribution in [1.29, 1.82) is 0 Å². The van der Waals surface area contributed by atoms with E-state index in [-0.39, 0.29) is 30.7 Å². The quantitative estimate of drug-likeness (QED) is 0.463. The number of rotatable bonds is 7. The highest BCUT2D eigenvalue weighted by atomic mass is 16.6. The van der Waals surface area contributed by atoms with Crippen LogP contribution in [0.2, 0.25) is 0 Å². The first-order valence-electron chi connectivity index (χ1n) is 8.39. The molecule has 1 N–H and O–H groups in total. The van der Waals surface area contributed by atoms with Crippen molar-refractivity contribution in [3.8, 4) is 0 Å². The molecule has 0 spiro atoms. The second-order valence-corrected chi connectivity index (χ2v) is 6.18. The van der Waals surface area contributed by atoms with E-state index in [1.54, 1.807) is 0 Å². The van der Waals surface area contributed by atoms with Crippen molar-refractivity contribution in [2.75, 3.05) is 19.6 Å². The lowest BCUT2D eigenvalue weighted by Gasteiger charge is -2.37. The Labute approximate surface area is 149 Å². The molecule has 2 heterocycles. The van der Waals surface area contributed by atoms with Crippen LogP contribution in [0.1, 0.15) is 22.5 Å². The van der Waals surface area contributed by atoms with Crippen LogP contribution in [0.25, 0.3) is 0 Å². The average Bonchev–Trinajstić information content (AvgIpc) is 3.09. The second kappa shape index (κ2) is 7.81. The molecule has 1 fully saturated rings. The minimum atomic E-state index is -0.696. The number of aryl methyl sites for hydroxylation is 1. The van der Waals surface area contributed by atoms with Crippen molar-refractivity contribution in [1.82, 2.24) is 10.2 Å². The molecule has 0 bridgehead atoms. The van der Waals surface area contributed by atoms with Crippen molar-refractivity contribution in [3.63, 3.8) is 0 Å². The number of amides is 2. The molecule has 26 heavy (non-hydrogen) atoms. The molecule has 8 heteroatoms. The number of carbonyl (C=O) groups is 2. The van der Waals surface area contributed by atoms with Gasteiger partial charge in [0, 0.05) is 19.6 Å². The van der Waals surface area contributed by atoms with Gasteiger partial charge in [0.05, 0.1) is 12.0 Å². The van der Waals surface area contributed by atoms with E-state index in [0.717, 1.165) is 18.9 Å². The van der Waals surface area contributed by atoms with Crippen molar-refractivity contribution in [2.24, 2.45) is 5.92 Å². The molecule has 1 saturated heterocycles. The Morgan fingerprint density at radius 1 is 1.19 bits per heavy atom. The summed E-state index contributed by atoms with van der Waals surface area (Å²) in [7, 11) is 0. The molecule has 0 saturated carbocycles. The molecule has 1 aromatic heterocycles. The van der Waals surface area contributed by atoms with Crippen LogP contribution >= 0.6 is 0 Å². The van der Waals surface area contributed by atoms with Crippen LogP contribution in [0, 0.1) is 16.0 Å². The molecular weight excluding hydrogens is 338 g/mol. The maximum absolute atomic E-state index is 12.1. The highest BCUT2D eigenvalue weighted by Gasteiger charge is 2.37. The first-order chi connectivity index (χ1) is 12.5. The smallest absolute Gasteiger partial charge is 0.395 e. The lowest BCUT2D eigenvalue weighted by Crippen LogP contribution is -2.55. The molecule has 8 nitrogen and oxygen atoms in total. The maximum atomic E-state index is 12.1. The van der Waals surface area contributed by atoms with Crippen LogP contribution < -0.4 is 5.32 Å². The molecule has 2 amide bonds. The second-order valence-electron chi connectivity index (χ2n) is 6.18. The molecule has 2 aromatic rings. The third-order valence-corrected chi connectivity index (χ3v) is 4.31. The third kappa shape index (κ3) is 4.08. The lowest BCUT2D eigenvalue weighted by atomic mass is 9.98.